The first kappa shape index (κ1) is 19.1. The standard InChI is InChI=1S/C10H20O9S2/c1-18-8(7(2-11)19-21(15,16)17)5-20-4-6(13)10(14)9(20)3-12/h6-14H,2-5H2,1H3/p+1/t6-,7+,8-,9-,10+,20?/m1/s1. The van der Waals surface area contributed by atoms with Gasteiger partial charge < -0.3 is 25.2 Å². The van der Waals surface area contributed by atoms with Gasteiger partial charge in [-0.15, -0.1) is 0 Å². The highest BCUT2D eigenvalue weighted by molar-refractivity contribution is 7.97. The Morgan fingerprint density at radius 1 is 1.29 bits per heavy atom. The van der Waals surface area contributed by atoms with E-state index in [2.05, 4.69) is 4.18 Å². The van der Waals surface area contributed by atoms with Crippen molar-refractivity contribution in [2.45, 2.75) is 29.7 Å². The number of hydrogen-bond donors (Lipinski definition) is 5. The summed E-state index contributed by atoms with van der Waals surface area (Å²) in [5.74, 6) is 0.396. The van der Waals surface area contributed by atoms with Crippen LogP contribution in [0.15, 0.2) is 0 Å². The predicted molar refractivity (Wildman–Crippen MR) is 74.3 cm³/mol. The molecule has 6 atom stereocenters. The van der Waals surface area contributed by atoms with Gasteiger partial charge in [0.1, 0.15) is 35.9 Å². The summed E-state index contributed by atoms with van der Waals surface area (Å²) in [5.41, 5.74) is 0. The number of hydrogen-bond acceptors (Lipinski definition) is 8. The first-order valence-electron chi connectivity index (χ1n) is 6.16. The van der Waals surface area contributed by atoms with Crippen molar-refractivity contribution >= 4 is 21.3 Å². The maximum absolute atomic E-state index is 10.7. The maximum Gasteiger partial charge on any atom is 0.397 e. The molecule has 0 aromatic carbocycles. The van der Waals surface area contributed by atoms with Gasteiger partial charge in [-0.2, -0.15) is 8.42 Å². The molecule has 0 aromatic rings. The third-order valence-electron chi connectivity index (χ3n) is 3.29. The average Bonchev–Trinajstić information content (AvgIpc) is 2.67. The number of aliphatic hydroxyl groups is 4. The molecule has 0 amide bonds. The third-order valence-corrected chi connectivity index (χ3v) is 6.59. The first-order valence-corrected chi connectivity index (χ1v) is 9.15. The minimum atomic E-state index is -4.75. The van der Waals surface area contributed by atoms with Crippen LogP contribution in [0.2, 0.25) is 0 Å². The molecule has 11 heteroatoms. The largest absolute Gasteiger partial charge is 0.397 e. The number of aliphatic hydroxyl groups excluding tert-OH is 4. The molecule has 1 aliphatic rings. The molecule has 126 valence electrons. The number of methoxy groups -OCH3 is 1. The van der Waals surface area contributed by atoms with Crippen molar-refractivity contribution in [2.75, 3.05) is 31.8 Å². The Hall–Kier alpha value is 0.0200. The van der Waals surface area contributed by atoms with Crippen molar-refractivity contribution in [1.82, 2.24) is 0 Å². The molecule has 1 fully saturated rings. The molecule has 0 bridgehead atoms. The zero-order chi connectivity index (χ0) is 16.2. The SMILES string of the molecule is CO[C@H](C[S+]1C[C@@H](O)[C@H](O)[C@H]1CO)[C@H](CO)OS(=O)(=O)O. The van der Waals surface area contributed by atoms with Crippen molar-refractivity contribution in [1.29, 1.82) is 0 Å². The van der Waals surface area contributed by atoms with E-state index in [9.17, 15) is 23.7 Å². The van der Waals surface area contributed by atoms with Crippen LogP contribution in [0.3, 0.4) is 0 Å². The molecule has 9 nitrogen and oxygen atoms in total. The molecule has 1 heterocycles. The second kappa shape index (κ2) is 8.04. The molecule has 1 rings (SSSR count). The molecular formula is C10H21O9S2+. The van der Waals surface area contributed by atoms with E-state index in [1.165, 1.54) is 7.11 Å². The van der Waals surface area contributed by atoms with Gasteiger partial charge in [0.15, 0.2) is 5.25 Å². The summed E-state index contributed by atoms with van der Waals surface area (Å²) in [6.07, 6.45) is -4.23. The summed E-state index contributed by atoms with van der Waals surface area (Å²) >= 11 is 0. The van der Waals surface area contributed by atoms with Crippen LogP contribution in [0.5, 0.6) is 0 Å². The van der Waals surface area contributed by atoms with E-state index in [-0.39, 0.29) is 18.1 Å². The Bertz CT molecular complexity index is 415. The van der Waals surface area contributed by atoms with E-state index >= 15 is 0 Å². The van der Waals surface area contributed by atoms with Crippen LogP contribution in [0.25, 0.3) is 0 Å². The van der Waals surface area contributed by atoms with Gasteiger partial charge in [-0.1, -0.05) is 0 Å². The Balaban J connectivity index is 2.76. The lowest BCUT2D eigenvalue weighted by atomic mass is 10.2. The molecular weight excluding hydrogens is 328 g/mol. The summed E-state index contributed by atoms with van der Waals surface area (Å²) in [6, 6.07) is 0. The second-order valence-electron chi connectivity index (χ2n) is 4.67. The van der Waals surface area contributed by atoms with Crippen molar-refractivity contribution in [3.8, 4) is 0 Å². The Labute approximate surface area is 125 Å². The van der Waals surface area contributed by atoms with Crippen LogP contribution >= 0.6 is 0 Å². The summed E-state index contributed by atoms with van der Waals surface area (Å²) in [5, 5.41) is 37.2. The van der Waals surface area contributed by atoms with Gasteiger partial charge in [0.25, 0.3) is 0 Å². The Kier molecular flexibility index (Phi) is 7.30. The first-order chi connectivity index (χ1) is 9.73. The molecule has 0 saturated carbocycles. The van der Waals surface area contributed by atoms with Crippen LogP contribution < -0.4 is 0 Å². The molecule has 1 aliphatic heterocycles. The van der Waals surface area contributed by atoms with Gasteiger partial charge >= 0.3 is 10.4 Å². The van der Waals surface area contributed by atoms with Gasteiger partial charge in [-0.3, -0.25) is 4.55 Å². The number of ether oxygens (including phenoxy) is 1. The van der Waals surface area contributed by atoms with Crippen LogP contribution in [0.1, 0.15) is 0 Å². The minimum Gasteiger partial charge on any atom is -0.394 e. The van der Waals surface area contributed by atoms with Gasteiger partial charge in [0.2, 0.25) is 0 Å². The van der Waals surface area contributed by atoms with Gasteiger partial charge in [0.05, 0.1) is 13.2 Å². The predicted octanol–water partition coefficient (Wildman–Crippen LogP) is -3.10. The van der Waals surface area contributed by atoms with Crippen molar-refractivity contribution in [3.05, 3.63) is 0 Å². The lowest BCUT2D eigenvalue weighted by molar-refractivity contribution is -0.0133. The van der Waals surface area contributed by atoms with E-state index in [1.807, 2.05) is 0 Å². The number of rotatable bonds is 8. The second-order valence-corrected chi connectivity index (χ2v) is 8.06. The average molecular weight is 349 g/mol. The van der Waals surface area contributed by atoms with Crippen LogP contribution in [-0.4, -0.2) is 94.9 Å². The van der Waals surface area contributed by atoms with Gasteiger partial charge in [-0.05, 0) is 0 Å². The van der Waals surface area contributed by atoms with Crippen LogP contribution in [-0.2, 0) is 30.2 Å². The fourth-order valence-electron chi connectivity index (χ4n) is 2.20. The highest BCUT2D eigenvalue weighted by atomic mass is 32.3. The molecule has 21 heavy (non-hydrogen) atoms. The minimum absolute atomic E-state index is 0.163. The summed E-state index contributed by atoms with van der Waals surface area (Å²) in [4.78, 5) is 0. The highest BCUT2D eigenvalue weighted by Crippen LogP contribution is 2.26. The fourth-order valence-corrected chi connectivity index (χ4v) is 5.52. The van der Waals surface area contributed by atoms with E-state index < -0.39 is 57.6 Å². The molecule has 5 N–H and O–H groups in total. The zero-order valence-electron chi connectivity index (χ0n) is 11.4. The van der Waals surface area contributed by atoms with Crippen LogP contribution in [0.4, 0.5) is 0 Å². The molecule has 0 spiro atoms. The van der Waals surface area contributed by atoms with E-state index in [1.54, 1.807) is 0 Å². The molecule has 0 radical (unpaired) electrons. The highest BCUT2D eigenvalue weighted by Gasteiger charge is 2.51. The zero-order valence-corrected chi connectivity index (χ0v) is 13.0. The summed E-state index contributed by atoms with van der Waals surface area (Å²) in [7, 11) is -4.12. The smallest absolute Gasteiger partial charge is 0.394 e. The molecule has 1 saturated heterocycles. The lowest BCUT2D eigenvalue weighted by Crippen LogP contribution is -2.43. The lowest BCUT2D eigenvalue weighted by Gasteiger charge is -2.23. The van der Waals surface area contributed by atoms with E-state index in [0.29, 0.717) is 0 Å². The molecule has 0 aliphatic carbocycles. The van der Waals surface area contributed by atoms with Gasteiger partial charge in [-0.25, -0.2) is 4.18 Å². The normalized spacial score (nSPS) is 33.0. The van der Waals surface area contributed by atoms with Gasteiger partial charge in [0, 0.05) is 18.0 Å². The fraction of sp³-hybridized carbons (Fsp3) is 1.00. The van der Waals surface area contributed by atoms with Crippen molar-refractivity contribution in [2.24, 2.45) is 0 Å². The quantitative estimate of drug-likeness (QED) is 0.226. The van der Waals surface area contributed by atoms with Crippen LogP contribution in [0, 0.1) is 0 Å². The molecule has 0 aromatic heterocycles. The maximum atomic E-state index is 10.7. The Morgan fingerprint density at radius 2 is 1.90 bits per heavy atom. The molecule has 1 unspecified atom stereocenters. The monoisotopic (exact) mass is 349 g/mol. The topological polar surface area (TPSA) is 154 Å². The van der Waals surface area contributed by atoms with E-state index in [0.717, 1.165) is 0 Å². The summed E-state index contributed by atoms with van der Waals surface area (Å²) < 4.78 is 39.6. The van der Waals surface area contributed by atoms with E-state index in [4.69, 9.17) is 14.4 Å². The third kappa shape index (κ3) is 5.30. The summed E-state index contributed by atoms with van der Waals surface area (Å²) in [6.45, 7) is -1.04. The Morgan fingerprint density at radius 3 is 2.33 bits per heavy atom. The van der Waals surface area contributed by atoms with Crippen molar-refractivity contribution < 1.29 is 42.3 Å². The van der Waals surface area contributed by atoms with Crippen molar-refractivity contribution in [3.63, 3.8) is 0 Å².